The Hall–Kier alpha value is -3.39. The van der Waals surface area contributed by atoms with E-state index in [1.54, 1.807) is 60.8 Å². The maximum atomic E-state index is 13.1. The van der Waals surface area contributed by atoms with Crippen LogP contribution in [0.5, 0.6) is 0 Å². The molecule has 4 rings (SSSR count). The second kappa shape index (κ2) is 10.5. The van der Waals surface area contributed by atoms with E-state index in [4.69, 9.17) is 11.6 Å². The monoisotopic (exact) mass is 466 g/mol. The number of aryl methyl sites for hydroxylation is 1. The Labute approximate surface area is 197 Å². The summed E-state index contributed by atoms with van der Waals surface area (Å²) in [6.45, 7) is 0. The Morgan fingerprint density at radius 2 is 1.94 bits per heavy atom. The number of carbonyl (C=O) groups excluding carboxylic acids is 2. The lowest BCUT2D eigenvalue weighted by molar-refractivity contribution is -0.118. The third kappa shape index (κ3) is 6.32. The van der Waals surface area contributed by atoms with Crippen LogP contribution in [-0.4, -0.2) is 32.6 Å². The number of carbonyl (C=O) groups is 2. The fourth-order valence-corrected chi connectivity index (χ4v) is 4.33. The highest BCUT2D eigenvalue weighted by Crippen LogP contribution is 2.29. The summed E-state index contributed by atoms with van der Waals surface area (Å²) >= 11 is 6.00. The number of anilines is 3. The first-order chi connectivity index (χ1) is 16.0. The van der Waals surface area contributed by atoms with Gasteiger partial charge < -0.3 is 16.0 Å². The minimum absolute atomic E-state index is 0.234. The molecule has 2 heterocycles. The molecule has 9 heteroatoms. The van der Waals surface area contributed by atoms with Crippen molar-refractivity contribution < 1.29 is 9.59 Å². The molecule has 0 spiro atoms. The van der Waals surface area contributed by atoms with Gasteiger partial charge in [-0.3, -0.25) is 19.3 Å². The van der Waals surface area contributed by atoms with Gasteiger partial charge >= 0.3 is 0 Å². The molecule has 172 valence electrons. The summed E-state index contributed by atoms with van der Waals surface area (Å²) in [5.74, 6) is -0.104. The largest absolute Gasteiger partial charge is 0.354 e. The lowest BCUT2D eigenvalue weighted by Crippen LogP contribution is -2.44. The number of nitrogens with zero attached hydrogens (tertiary/aromatic N) is 3. The van der Waals surface area contributed by atoms with Crippen LogP contribution in [0.3, 0.4) is 0 Å². The van der Waals surface area contributed by atoms with Gasteiger partial charge in [-0.05, 0) is 36.6 Å². The summed E-state index contributed by atoms with van der Waals surface area (Å²) in [4.78, 5) is 30.2. The average Bonchev–Trinajstić information content (AvgIpc) is 3.45. The van der Waals surface area contributed by atoms with Crippen LogP contribution in [0.4, 0.5) is 17.1 Å². The predicted molar refractivity (Wildman–Crippen MR) is 129 cm³/mol. The van der Waals surface area contributed by atoms with Crippen molar-refractivity contribution >= 4 is 40.5 Å². The van der Waals surface area contributed by atoms with Crippen molar-refractivity contribution in [2.24, 2.45) is 13.0 Å². The molecule has 1 fully saturated rings. The highest BCUT2D eigenvalue weighted by molar-refractivity contribution is 6.30. The summed E-state index contributed by atoms with van der Waals surface area (Å²) < 4.78 is 1.62. The van der Waals surface area contributed by atoms with Gasteiger partial charge in [0.1, 0.15) is 6.04 Å². The lowest BCUT2D eigenvalue weighted by atomic mass is 9.97. The van der Waals surface area contributed by atoms with E-state index in [2.05, 4.69) is 26.0 Å². The van der Waals surface area contributed by atoms with Crippen molar-refractivity contribution in [3.05, 3.63) is 65.7 Å². The molecule has 0 saturated heterocycles. The zero-order valence-corrected chi connectivity index (χ0v) is 19.2. The Morgan fingerprint density at radius 1 is 1.12 bits per heavy atom. The van der Waals surface area contributed by atoms with E-state index in [0.29, 0.717) is 28.6 Å². The number of nitrogens with one attached hydrogen (secondary N) is 3. The highest BCUT2D eigenvalue weighted by atomic mass is 35.5. The van der Waals surface area contributed by atoms with Gasteiger partial charge in [0.15, 0.2) is 0 Å². The van der Waals surface area contributed by atoms with Crippen LogP contribution in [0.15, 0.2) is 55.1 Å². The molecule has 2 aromatic heterocycles. The fraction of sp³-hybridized carbons (Fsp3) is 0.333. The van der Waals surface area contributed by atoms with E-state index in [0.717, 1.165) is 24.2 Å². The third-order valence-electron chi connectivity index (χ3n) is 5.76. The van der Waals surface area contributed by atoms with Crippen LogP contribution < -0.4 is 16.0 Å². The van der Waals surface area contributed by atoms with Gasteiger partial charge in [0.2, 0.25) is 5.91 Å². The summed E-state index contributed by atoms with van der Waals surface area (Å²) in [6.07, 6.45) is 11.6. The van der Waals surface area contributed by atoms with E-state index in [1.807, 2.05) is 6.07 Å². The molecule has 2 amide bonds. The summed E-state index contributed by atoms with van der Waals surface area (Å²) in [7, 11) is 1.79. The number of halogens is 1. The van der Waals surface area contributed by atoms with Gasteiger partial charge in [-0.15, -0.1) is 0 Å². The third-order valence-corrected chi connectivity index (χ3v) is 5.96. The van der Waals surface area contributed by atoms with Gasteiger partial charge in [0.25, 0.3) is 5.91 Å². The summed E-state index contributed by atoms with van der Waals surface area (Å²) in [5, 5.41) is 13.6. The number of rotatable bonds is 8. The predicted octanol–water partition coefficient (Wildman–Crippen LogP) is 4.53. The maximum absolute atomic E-state index is 13.1. The van der Waals surface area contributed by atoms with Crippen LogP contribution in [-0.2, 0) is 11.8 Å². The fourth-order valence-electron chi connectivity index (χ4n) is 4.15. The Kier molecular flexibility index (Phi) is 7.24. The van der Waals surface area contributed by atoms with E-state index in [9.17, 15) is 9.59 Å². The molecule has 8 nitrogen and oxygen atoms in total. The molecule has 0 unspecified atom stereocenters. The first-order valence-corrected chi connectivity index (χ1v) is 11.4. The molecule has 3 aromatic rings. The standard InChI is InChI=1S/C24H27ClN6O2/c1-31-15-21(14-27-31)29-24(33)22(9-16-5-2-3-6-16)30-23(32)17-7-4-8-19(10-17)28-20-11-18(25)12-26-13-20/h4,7-8,10-16,22,28H,2-3,5-6,9H2,1H3,(H,29,33)(H,30,32)/t22-/m0/s1. The van der Waals surface area contributed by atoms with Crippen LogP contribution in [0.2, 0.25) is 5.02 Å². The number of hydrogen-bond donors (Lipinski definition) is 3. The molecule has 0 aliphatic heterocycles. The maximum Gasteiger partial charge on any atom is 0.252 e. The summed E-state index contributed by atoms with van der Waals surface area (Å²) in [5.41, 5.74) is 2.50. The minimum atomic E-state index is -0.630. The lowest BCUT2D eigenvalue weighted by Gasteiger charge is -2.21. The average molecular weight is 467 g/mol. The minimum Gasteiger partial charge on any atom is -0.354 e. The first kappa shape index (κ1) is 22.8. The normalized spacial score (nSPS) is 14.6. The quantitative estimate of drug-likeness (QED) is 0.452. The smallest absolute Gasteiger partial charge is 0.252 e. The number of hydrogen-bond acceptors (Lipinski definition) is 5. The van der Waals surface area contributed by atoms with Gasteiger partial charge in [-0.25, -0.2) is 0 Å². The van der Waals surface area contributed by atoms with Crippen LogP contribution in [0.1, 0.15) is 42.5 Å². The van der Waals surface area contributed by atoms with Gasteiger partial charge in [0.05, 0.1) is 28.8 Å². The second-order valence-corrected chi connectivity index (χ2v) is 8.84. The zero-order chi connectivity index (χ0) is 23.2. The first-order valence-electron chi connectivity index (χ1n) is 11.0. The molecular weight excluding hydrogens is 440 g/mol. The molecule has 1 aliphatic carbocycles. The molecule has 0 bridgehead atoms. The number of aromatic nitrogens is 3. The van der Waals surface area contributed by atoms with Crippen molar-refractivity contribution in [1.82, 2.24) is 20.1 Å². The molecule has 0 radical (unpaired) electrons. The van der Waals surface area contributed by atoms with Gasteiger partial charge in [-0.2, -0.15) is 5.10 Å². The number of amides is 2. The molecule has 1 atom stereocenters. The highest BCUT2D eigenvalue weighted by Gasteiger charge is 2.27. The van der Waals surface area contributed by atoms with E-state index in [1.165, 1.54) is 12.8 Å². The molecule has 1 aromatic carbocycles. The molecule has 33 heavy (non-hydrogen) atoms. The van der Waals surface area contributed by atoms with Crippen molar-refractivity contribution in [1.29, 1.82) is 0 Å². The molecule has 1 aliphatic rings. The molecule has 1 saturated carbocycles. The SMILES string of the molecule is Cn1cc(NC(=O)[C@H](CC2CCCC2)NC(=O)c2cccc(Nc3cncc(Cl)c3)c2)cn1. The Balaban J connectivity index is 1.46. The van der Waals surface area contributed by atoms with E-state index >= 15 is 0 Å². The Morgan fingerprint density at radius 3 is 2.67 bits per heavy atom. The molecule has 3 N–H and O–H groups in total. The van der Waals surface area contributed by atoms with Crippen molar-refractivity contribution in [3.8, 4) is 0 Å². The summed E-state index contributed by atoms with van der Waals surface area (Å²) in [6, 6.07) is 8.22. The van der Waals surface area contributed by atoms with E-state index < -0.39 is 6.04 Å². The van der Waals surface area contributed by atoms with Gasteiger partial charge in [-0.1, -0.05) is 43.4 Å². The van der Waals surface area contributed by atoms with E-state index in [-0.39, 0.29) is 11.8 Å². The second-order valence-electron chi connectivity index (χ2n) is 8.40. The zero-order valence-electron chi connectivity index (χ0n) is 18.4. The van der Waals surface area contributed by atoms with Crippen molar-refractivity contribution in [2.45, 2.75) is 38.1 Å². The van der Waals surface area contributed by atoms with Gasteiger partial charge in [0, 0.05) is 30.7 Å². The number of pyridine rings is 1. The van der Waals surface area contributed by atoms with Crippen molar-refractivity contribution in [2.75, 3.05) is 10.6 Å². The van der Waals surface area contributed by atoms with Crippen LogP contribution in [0, 0.1) is 5.92 Å². The van der Waals surface area contributed by atoms with Crippen molar-refractivity contribution in [3.63, 3.8) is 0 Å². The topological polar surface area (TPSA) is 101 Å². The van der Waals surface area contributed by atoms with Crippen LogP contribution in [0.25, 0.3) is 0 Å². The van der Waals surface area contributed by atoms with Crippen LogP contribution >= 0.6 is 11.6 Å². The number of benzene rings is 1. The molecular formula is C24H27ClN6O2. The Bertz CT molecular complexity index is 1130.